The fourth-order valence-corrected chi connectivity index (χ4v) is 3.86. The summed E-state index contributed by atoms with van der Waals surface area (Å²) in [7, 11) is 1.41. The molecule has 6 nitrogen and oxygen atoms in total. The molecule has 0 aliphatic heterocycles. The van der Waals surface area contributed by atoms with Crippen molar-refractivity contribution in [2.24, 2.45) is 0 Å². The molecule has 1 aliphatic carbocycles. The summed E-state index contributed by atoms with van der Waals surface area (Å²) in [5, 5.41) is 9.58. The maximum absolute atomic E-state index is 12.7. The van der Waals surface area contributed by atoms with Gasteiger partial charge in [0.2, 0.25) is 0 Å². The van der Waals surface area contributed by atoms with E-state index in [-0.39, 0.29) is 19.1 Å². The third-order valence-corrected chi connectivity index (χ3v) is 5.53. The minimum Gasteiger partial charge on any atom is -0.491 e. The van der Waals surface area contributed by atoms with Gasteiger partial charge in [-0.3, -0.25) is 4.90 Å². The lowest BCUT2D eigenvalue weighted by Gasteiger charge is -2.25. The highest BCUT2D eigenvalue weighted by atomic mass is 16.6. The van der Waals surface area contributed by atoms with Crippen LogP contribution >= 0.6 is 0 Å². The van der Waals surface area contributed by atoms with Crippen molar-refractivity contribution in [1.29, 1.82) is 0 Å². The second-order valence-corrected chi connectivity index (χ2v) is 7.39. The molecule has 0 saturated heterocycles. The number of nitrogens with zero attached hydrogens (tertiary/aromatic N) is 1. The summed E-state index contributed by atoms with van der Waals surface area (Å²) in [5.74, 6) is -0.713. The molecule has 158 valence electrons. The smallest absolute Gasteiger partial charge is 0.410 e. The van der Waals surface area contributed by atoms with Gasteiger partial charge in [0.1, 0.15) is 19.0 Å². The largest absolute Gasteiger partial charge is 0.491 e. The van der Waals surface area contributed by atoms with E-state index in [1.54, 1.807) is 24.3 Å². The molecule has 0 unspecified atom stereocenters. The van der Waals surface area contributed by atoms with Gasteiger partial charge >= 0.3 is 12.1 Å². The lowest BCUT2D eigenvalue weighted by atomic mass is 9.98. The number of rotatable bonds is 7. The number of hydrogen-bond donors (Lipinski definition) is 1. The summed E-state index contributed by atoms with van der Waals surface area (Å²) in [6, 6.07) is 23.8. The Morgan fingerprint density at radius 3 is 2.03 bits per heavy atom. The molecule has 3 aromatic carbocycles. The Kier molecular flexibility index (Phi) is 5.89. The van der Waals surface area contributed by atoms with Crippen LogP contribution in [0.4, 0.5) is 4.79 Å². The number of benzene rings is 3. The van der Waals surface area contributed by atoms with Gasteiger partial charge in [0.05, 0.1) is 0 Å². The number of hydrogen-bond acceptors (Lipinski definition) is 4. The summed E-state index contributed by atoms with van der Waals surface area (Å²) in [6.07, 6.45) is -0.703. The van der Waals surface area contributed by atoms with E-state index in [2.05, 4.69) is 12.1 Å². The van der Waals surface area contributed by atoms with Gasteiger partial charge in [-0.1, -0.05) is 66.7 Å². The molecule has 3 aromatic rings. The molecule has 0 bridgehead atoms. The Morgan fingerprint density at radius 1 is 0.903 bits per heavy atom. The van der Waals surface area contributed by atoms with Crippen LogP contribution in [0.1, 0.15) is 17.0 Å². The molecule has 4 rings (SSSR count). The molecule has 0 fully saturated rings. The number of carbonyl (C=O) groups is 2. The SMILES string of the molecule is CN(C(=O)OCC1c2ccccc2-c2ccccc21)[C@@H](COc1ccccc1)C(=O)O. The molecule has 1 atom stereocenters. The van der Waals surface area contributed by atoms with Gasteiger partial charge in [0.15, 0.2) is 6.04 Å². The van der Waals surface area contributed by atoms with Crippen molar-refractivity contribution in [1.82, 2.24) is 4.90 Å². The molecule has 6 heteroatoms. The molecule has 0 heterocycles. The normalized spacial score (nSPS) is 13.1. The zero-order chi connectivity index (χ0) is 21.8. The van der Waals surface area contributed by atoms with E-state index < -0.39 is 18.1 Å². The monoisotopic (exact) mass is 417 g/mol. The number of aliphatic carboxylic acids is 1. The second-order valence-electron chi connectivity index (χ2n) is 7.39. The molecule has 0 spiro atoms. The molecule has 31 heavy (non-hydrogen) atoms. The summed E-state index contributed by atoms with van der Waals surface area (Å²) < 4.78 is 11.1. The second kappa shape index (κ2) is 8.92. The van der Waals surface area contributed by atoms with Crippen molar-refractivity contribution >= 4 is 12.1 Å². The standard InChI is InChI=1S/C25H23NO5/c1-26(23(24(27)28)16-30-17-9-3-2-4-10-17)25(29)31-15-22-20-13-7-5-11-18(20)19-12-6-8-14-21(19)22/h2-14,22-23H,15-16H2,1H3,(H,27,28)/t23-/m0/s1. The zero-order valence-corrected chi connectivity index (χ0v) is 17.1. The number of carboxylic acid groups (broad SMARTS) is 1. The Hall–Kier alpha value is -3.80. The highest BCUT2D eigenvalue weighted by Gasteiger charge is 2.32. The van der Waals surface area contributed by atoms with Crippen molar-refractivity contribution < 1.29 is 24.2 Å². The van der Waals surface area contributed by atoms with Crippen molar-refractivity contribution in [3.63, 3.8) is 0 Å². The fourth-order valence-electron chi connectivity index (χ4n) is 3.86. The number of carbonyl (C=O) groups excluding carboxylic acids is 1. The predicted molar refractivity (Wildman–Crippen MR) is 116 cm³/mol. The van der Waals surface area contributed by atoms with E-state index >= 15 is 0 Å². The first-order chi connectivity index (χ1) is 15.1. The lowest BCUT2D eigenvalue weighted by Crippen LogP contribution is -2.46. The van der Waals surface area contributed by atoms with E-state index in [1.165, 1.54) is 7.05 Å². The molecular formula is C25H23NO5. The van der Waals surface area contributed by atoms with Crippen LogP contribution in [0.25, 0.3) is 11.1 Å². The summed E-state index contributed by atoms with van der Waals surface area (Å²) in [5.41, 5.74) is 4.46. The van der Waals surface area contributed by atoms with Crippen LogP contribution in [0.2, 0.25) is 0 Å². The Morgan fingerprint density at radius 2 is 1.45 bits per heavy atom. The summed E-state index contributed by atoms with van der Waals surface area (Å²) in [6.45, 7) is -0.0525. The quantitative estimate of drug-likeness (QED) is 0.617. The van der Waals surface area contributed by atoms with Crippen LogP contribution in [-0.4, -0.2) is 48.4 Å². The van der Waals surface area contributed by atoms with Gasteiger partial charge in [0, 0.05) is 13.0 Å². The fraction of sp³-hybridized carbons (Fsp3) is 0.200. The molecular weight excluding hydrogens is 394 g/mol. The van der Waals surface area contributed by atoms with E-state index in [9.17, 15) is 14.7 Å². The molecule has 0 aromatic heterocycles. The maximum Gasteiger partial charge on any atom is 0.410 e. The average Bonchev–Trinajstić information content (AvgIpc) is 3.11. The molecule has 0 saturated carbocycles. The lowest BCUT2D eigenvalue weighted by molar-refractivity contribution is -0.143. The first kappa shape index (κ1) is 20.5. The van der Waals surface area contributed by atoms with Crippen LogP contribution < -0.4 is 4.74 Å². The van der Waals surface area contributed by atoms with Gasteiger partial charge in [-0.15, -0.1) is 0 Å². The van der Waals surface area contributed by atoms with Crippen LogP contribution in [0.15, 0.2) is 78.9 Å². The summed E-state index contributed by atoms with van der Waals surface area (Å²) in [4.78, 5) is 25.5. The molecule has 1 amide bonds. The average molecular weight is 417 g/mol. The number of fused-ring (bicyclic) bond motifs is 3. The van der Waals surface area contributed by atoms with E-state index in [0.717, 1.165) is 27.2 Å². The van der Waals surface area contributed by atoms with Gasteiger partial charge in [-0.25, -0.2) is 9.59 Å². The molecule has 0 radical (unpaired) electrons. The number of para-hydroxylation sites is 1. The van der Waals surface area contributed by atoms with E-state index in [4.69, 9.17) is 9.47 Å². The maximum atomic E-state index is 12.7. The Labute approximate surface area is 180 Å². The van der Waals surface area contributed by atoms with Crippen molar-refractivity contribution in [2.75, 3.05) is 20.3 Å². The number of likely N-dealkylation sites (N-methyl/N-ethyl adjacent to an activating group) is 1. The first-order valence-electron chi connectivity index (χ1n) is 10.0. The summed E-state index contributed by atoms with van der Waals surface area (Å²) >= 11 is 0. The van der Waals surface area contributed by atoms with Crippen LogP contribution in [0, 0.1) is 0 Å². The zero-order valence-electron chi connectivity index (χ0n) is 17.1. The van der Waals surface area contributed by atoms with E-state index in [1.807, 2.05) is 42.5 Å². The highest BCUT2D eigenvalue weighted by Crippen LogP contribution is 2.44. The number of amides is 1. The van der Waals surface area contributed by atoms with Gasteiger partial charge in [-0.05, 0) is 34.4 Å². The van der Waals surface area contributed by atoms with Gasteiger partial charge in [0.25, 0.3) is 0 Å². The van der Waals surface area contributed by atoms with E-state index in [0.29, 0.717) is 5.75 Å². The number of carboxylic acids is 1. The predicted octanol–water partition coefficient (Wildman–Crippen LogP) is 4.40. The molecule has 1 N–H and O–H groups in total. The van der Waals surface area contributed by atoms with Gasteiger partial charge in [-0.2, -0.15) is 0 Å². The highest BCUT2D eigenvalue weighted by molar-refractivity contribution is 5.81. The third kappa shape index (κ3) is 4.23. The Balaban J connectivity index is 1.43. The minimum absolute atomic E-state index is 0.0893. The molecule has 1 aliphatic rings. The van der Waals surface area contributed by atoms with Crippen LogP contribution in [0.5, 0.6) is 5.75 Å². The number of ether oxygens (including phenoxy) is 2. The first-order valence-corrected chi connectivity index (χ1v) is 10.0. The van der Waals surface area contributed by atoms with Crippen LogP contribution in [0.3, 0.4) is 0 Å². The topological polar surface area (TPSA) is 76.1 Å². The Bertz CT molecular complexity index is 1040. The van der Waals surface area contributed by atoms with Gasteiger partial charge < -0.3 is 14.6 Å². The van der Waals surface area contributed by atoms with Crippen molar-refractivity contribution in [3.05, 3.63) is 90.0 Å². The van der Waals surface area contributed by atoms with Crippen LogP contribution in [-0.2, 0) is 9.53 Å². The third-order valence-electron chi connectivity index (χ3n) is 5.53. The minimum atomic E-state index is -1.17. The van der Waals surface area contributed by atoms with Crippen molar-refractivity contribution in [3.8, 4) is 16.9 Å². The van der Waals surface area contributed by atoms with Crippen molar-refractivity contribution in [2.45, 2.75) is 12.0 Å².